The molecule has 1 aromatic carbocycles. The van der Waals surface area contributed by atoms with E-state index in [4.69, 9.17) is 4.42 Å². The van der Waals surface area contributed by atoms with Gasteiger partial charge in [-0.25, -0.2) is 4.79 Å². The average Bonchev–Trinajstić information content (AvgIpc) is 2.99. The molecule has 0 saturated carbocycles. The molecule has 2 aromatic heterocycles. The number of anilines is 1. The Morgan fingerprint density at radius 2 is 2.05 bits per heavy atom. The Morgan fingerprint density at radius 1 is 1.24 bits per heavy atom. The Balaban J connectivity index is 2.12. The van der Waals surface area contributed by atoms with Crippen LogP contribution in [0, 0.1) is 0 Å². The minimum atomic E-state index is -0.953. The highest BCUT2D eigenvalue weighted by Gasteiger charge is 2.17. The first kappa shape index (κ1) is 13.9. The monoisotopic (exact) mass is 301 g/mol. The zero-order chi connectivity index (χ0) is 15.0. The second kappa shape index (κ2) is 5.35. The molecule has 0 fully saturated rings. The van der Waals surface area contributed by atoms with Gasteiger partial charge in [-0.15, -0.1) is 0 Å². The molecule has 5 heteroatoms. The smallest absolute Gasteiger partial charge is 0.342 e. The van der Waals surface area contributed by atoms with Crippen LogP contribution in [0.5, 0.6) is 0 Å². The van der Waals surface area contributed by atoms with Crippen molar-refractivity contribution in [1.82, 2.24) is 0 Å². The Kier molecular flexibility index (Phi) is 3.53. The van der Waals surface area contributed by atoms with E-state index in [1.807, 2.05) is 48.0 Å². The molecule has 1 N–H and O–H groups in total. The van der Waals surface area contributed by atoms with Crippen LogP contribution in [0.2, 0.25) is 0 Å². The van der Waals surface area contributed by atoms with Crippen LogP contribution < -0.4 is 10.5 Å². The average molecular weight is 301 g/mol. The zero-order valence-electron chi connectivity index (χ0n) is 11.7. The normalized spacial score (nSPS) is 12.5. The number of rotatable bonds is 3. The molecule has 3 aromatic rings. The zero-order valence-corrected chi connectivity index (χ0v) is 12.6. The lowest BCUT2D eigenvalue weighted by Gasteiger charge is -2.13. The predicted molar refractivity (Wildman–Crippen MR) is 85.2 cm³/mol. The van der Waals surface area contributed by atoms with Crippen LogP contribution in [0.4, 0.5) is 5.69 Å². The van der Waals surface area contributed by atoms with Crippen LogP contribution in [0.3, 0.4) is 0 Å². The van der Waals surface area contributed by atoms with Crippen LogP contribution in [0.1, 0.15) is 17.2 Å². The summed E-state index contributed by atoms with van der Waals surface area (Å²) in [5.74, 6) is 0. The molecule has 2 heterocycles. The molecule has 108 valence electrons. The lowest BCUT2D eigenvalue weighted by Crippen LogP contribution is -2.13. The summed E-state index contributed by atoms with van der Waals surface area (Å²) in [6.45, 7) is 0. The molecule has 0 aliphatic carbocycles. The SMILES string of the molecule is CN(C)c1ccc2cc(C(O)c3ccsc3)c(=O)oc2c1. The number of aliphatic hydroxyl groups excluding tert-OH is 1. The molecule has 21 heavy (non-hydrogen) atoms. The van der Waals surface area contributed by atoms with Crippen LogP contribution in [0.15, 0.2) is 50.3 Å². The minimum absolute atomic E-state index is 0.263. The summed E-state index contributed by atoms with van der Waals surface area (Å²) >= 11 is 1.48. The fourth-order valence-electron chi connectivity index (χ4n) is 2.19. The maximum Gasteiger partial charge on any atom is 0.342 e. The summed E-state index contributed by atoms with van der Waals surface area (Å²) in [4.78, 5) is 14.1. The van der Waals surface area contributed by atoms with Crippen molar-refractivity contribution in [2.24, 2.45) is 0 Å². The molecule has 1 atom stereocenters. The summed E-state index contributed by atoms with van der Waals surface area (Å²) in [5.41, 5.74) is 1.94. The molecule has 0 aliphatic rings. The third kappa shape index (κ3) is 2.57. The molecule has 0 spiro atoms. The fraction of sp³-hybridized carbons (Fsp3) is 0.188. The highest BCUT2D eigenvalue weighted by atomic mass is 32.1. The largest absolute Gasteiger partial charge is 0.422 e. The molecule has 4 nitrogen and oxygen atoms in total. The van der Waals surface area contributed by atoms with E-state index < -0.39 is 11.7 Å². The van der Waals surface area contributed by atoms with Gasteiger partial charge in [0.05, 0.1) is 5.56 Å². The van der Waals surface area contributed by atoms with Crippen molar-refractivity contribution >= 4 is 28.0 Å². The van der Waals surface area contributed by atoms with Gasteiger partial charge in [-0.2, -0.15) is 11.3 Å². The highest BCUT2D eigenvalue weighted by Crippen LogP contribution is 2.26. The highest BCUT2D eigenvalue weighted by molar-refractivity contribution is 7.07. The number of aliphatic hydroxyl groups is 1. The van der Waals surface area contributed by atoms with Gasteiger partial charge in [-0.05, 0) is 40.6 Å². The number of hydrogen-bond donors (Lipinski definition) is 1. The summed E-state index contributed by atoms with van der Waals surface area (Å²) in [7, 11) is 3.85. The Labute approximate surface area is 125 Å². The van der Waals surface area contributed by atoms with Gasteiger partial charge in [0, 0.05) is 31.2 Å². The van der Waals surface area contributed by atoms with Gasteiger partial charge in [0.15, 0.2) is 0 Å². The number of thiophene rings is 1. The van der Waals surface area contributed by atoms with Crippen molar-refractivity contribution in [2.75, 3.05) is 19.0 Å². The molecule has 3 rings (SSSR count). The van der Waals surface area contributed by atoms with Crippen molar-refractivity contribution < 1.29 is 9.52 Å². The summed E-state index contributed by atoms with van der Waals surface area (Å²) < 4.78 is 5.36. The third-order valence-corrected chi connectivity index (χ3v) is 4.12. The van der Waals surface area contributed by atoms with E-state index in [9.17, 15) is 9.90 Å². The molecule has 1 unspecified atom stereocenters. The van der Waals surface area contributed by atoms with Crippen LogP contribution >= 0.6 is 11.3 Å². The molecule has 0 bridgehead atoms. The number of benzene rings is 1. The third-order valence-electron chi connectivity index (χ3n) is 3.42. The van der Waals surface area contributed by atoms with E-state index in [2.05, 4.69) is 0 Å². The quantitative estimate of drug-likeness (QED) is 0.756. The van der Waals surface area contributed by atoms with Crippen molar-refractivity contribution in [1.29, 1.82) is 0 Å². The Bertz CT molecular complexity index is 821. The lowest BCUT2D eigenvalue weighted by atomic mass is 10.0. The maximum atomic E-state index is 12.1. The van der Waals surface area contributed by atoms with Gasteiger partial charge >= 0.3 is 5.63 Å². The van der Waals surface area contributed by atoms with E-state index in [0.29, 0.717) is 11.1 Å². The van der Waals surface area contributed by atoms with Crippen LogP contribution in [0.25, 0.3) is 11.0 Å². The van der Waals surface area contributed by atoms with Gasteiger partial charge < -0.3 is 14.4 Å². The van der Waals surface area contributed by atoms with Crippen LogP contribution in [-0.2, 0) is 0 Å². The second-order valence-corrected chi connectivity index (χ2v) is 5.85. The first-order valence-corrected chi connectivity index (χ1v) is 7.46. The van der Waals surface area contributed by atoms with E-state index in [-0.39, 0.29) is 5.56 Å². The van der Waals surface area contributed by atoms with E-state index >= 15 is 0 Å². The van der Waals surface area contributed by atoms with Gasteiger partial charge in [0.25, 0.3) is 0 Å². The number of fused-ring (bicyclic) bond motifs is 1. The fourth-order valence-corrected chi connectivity index (χ4v) is 2.87. The summed E-state index contributed by atoms with van der Waals surface area (Å²) in [6, 6.07) is 9.15. The van der Waals surface area contributed by atoms with Crippen molar-refractivity contribution in [3.63, 3.8) is 0 Å². The van der Waals surface area contributed by atoms with Crippen LogP contribution in [-0.4, -0.2) is 19.2 Å². The maximum absolute atomic E-state index is 12.1. The molecular weight excluding hydrogens is 286 g/mol. The van der Waals surface area contributed by atoms with Gasteiger partial charge in [0.1, 0.15) is 11.7 Å². The topological polar surface area (TPSA) is 53.7 Å². The first-order valence-electron chi connectivity index (χ1n) is 6.51. The molecule has 0 aliphatic heterocycles. The minimum Gasteiger partial charge on any atom is -0.422 e. The van der Waals surface area contributed by atoms with E-state index in [1.165, 1.54) is 11.3 Å². The summed E-state index contributed by atoms with van der Waals surface area (Å²) in [5, 5.41) is 14.8. The molecule has 0 saturated heterocycles. The summed E-state index contributed by atoms with van der Waals surface area (Å²) in [6.07, 6.45) is -0.953. The van der Waals surface area contributed by atoms with E-state index in [1.54, 1.807) is 12.1 Å². The van der Waals surface area contributed by atoms with Crippen molar-refractivity contribution in [3.8, 4) is 0 Å². The predicted octanol–water partition coefficient (Wildman–Crippen LogP) is 3.00. The first-order chi connectivity index (χ1) is 10.1. The number of nitrogens with zero attached hydrogens (tertiary/aromatic N) is 1. The Hall–Kier alpha value is -2.11. The molecule has 0 amide bonds. The molecule has 0 radical (unpaired) electrons. The molecular formula is C16H15NO3S. The lowest BCUT2D eigenvalue weighted by molar-refractivity contribution is 0.216. The van der Waals surface area contributed by atoms with Gasteiger partial charge in [0.2, 0.25) is 0 Å². The van der Waals surface area contributed by atoms with Gasteiger partial charge in [-0.1, -0.05) is 0 Å². The standard InChI is InChI=1S/C16H15NO3S/c1-17(2)12-4-3-10-7-13(16(19)20-14(10)8-12)15(18)11-5-6-21-9-11/h3-9,15,18H,1-2H3. The number of hydrogen-bond acceptors (Lipinski definition) is 5. The van der Waals surface area contributed by atoms with Crippen molar-refractivity contribution in [2.45, 2.75) is 6.10 Å². The second-order valence-electron chi connectivity index (χ2n) is 5.06. The van der Waals surface area contributed by atoms with Crippen molar-refractivity contribution in [3.05, 3.63) is 62.6 Å². The Morgan fingerprint density at radius 3 is 2.71 bits per heavy atom. The van der Waals surface area contributed by atoms with E-state index in [0.717, 1.165) is 11.1 Å². The van der Waals surface area contributed by atoms with Gasteiger partial charge in [-0.3, -0.25) is 0 Å².